The molecule has 0 atom stereocenters. The van der Waals surface area contributed by atoms with Gasteiger partial charge in [0.25, 0.3) is 0 Å². The maximum atomic E-state index is 10.0. The van der Waals surface area contributed by atoms with Crippen molar-refractivity contribution < 1.29 is 4.79 Å². The number of aldehydes is 1. The summed E-state index contributed by atoms with van der Waals surface area (Å²) < 4.78 is 1.98. The van der Waals surface area contributed by atoms with Gasteiger partial charge in [-0.05, 0) is 23.8 Å². The van der Waals surface area contributed by atoms with E-state index < -0.39 is 0 Å². The van der Waals surface area contributed by atoms with Crippen molar-refractivity contribution in [1.82, 2.24) is 0 Å². The zero-order valence-electron chi connectivity index (χ0n) is 6.13. The standard InChI is InChI=1S/C9H6Br2O/c10-8-4-3-7(2-1-5-12)9(11)6-8/h1-6H/b2-1+. The largest absolute Gasteiger partial charge is 0.299 e. The topological polar surface area (TPSA) is 17.1 Å². The maximum Gasteiger partial charge on any atom is 0.142 e. The monoisotopic (exact) mass is 288 g/mol. The zero-order valence-corrected chi connectivity index (χ0v) is 9.30. The lowest BCUT2D eigenvalue weighted by Gasteiger charge is -1.97. The Kier molecular flexibility index (Phi) is 3.69. The van der Waals surface area contributed by atoms with Gasteiger partial charge in [-0.25, -0.2) is 0 Å². The second-order valence-electron chi connectivity index (χ2n) is 2.16. The highest BCUT2D eigenvalue weighted by atomic mass is 79.9. The molecule has 0 heterocycles. The van der Waals surface area contributed by atoms with Gasteiger partial charge in [-0.1, -0.05) is 44.0 Å². The Bertz CT molecular complexity index is 318. The second-order valence-corrected chi connectivity index (χ2v) is 3.93. The van der Waals surface area contributed by atoms with Crippen molar-refractivity contribution in [3.63, 3.8) is 0 Å². The van der Waals surface area contributed by atoms with Gasteiger partial charge in [0.2, 0.25) is 0 Å². The third kappa shape index (κ3) is 2.57. The van der Waals surface area contributed by atoms with Gasteiger partial charge in [-0.2, -0.15) is 0 Å². The number of hydrogen-bond acceptors (Lipinski definition) is 1. The first kappa shape index (κ1) is 9.68. The van der Waals surface area contributed by atoms with Crippen LogP contribution in [0.3, 0.4) is 0 Å². The van der Waals surface area contributed by atoms with Crippen LogP contribution in [-0.4, -0.2) is 6.29 Å². The lowest BCUT2D eigenvalue weighted by Crippen LogP contribution is -1.75. The van der Waals surface area contributed by atoms with Gasteiger partial charge >= 0.3 is 0 Å². The van der Waals surface area contributed by atoms with Crippen LogP contribution >= 0.6 is 31.9 Å². The molecule has 0 spiro atoms. The fraction of sp³-hybridized carbons (Fsp3) is 0. The van der Waals surface area contributed by atoms with Crippen LogP contribution in [0.15, 0.2) is 33.2 Å². The van der Waals surface area contributed by atoms with E-state index in [4.69, 9.17) is 0 Å². The molecule has 0 N–H and O–H groups in total. The van der Waals surface area contributed by atoms with Crippen molar-refractivity contribution in [3.05, 3.63) is 38.8 Å². The van der Waals surface area contributed by atoms with Crippen molar-refractivity contribution in [2.75, 3.05) is 0 Å². The number of halogens is 2. The molecule has 0 aliphatic heterocycles. The summed E-state index contributed by atoms with van der Waals surface area (Å²) in [4.78, 5) is 10.0. The summed E-state index contributed by atoms with van der Waals surface area (Å²) in [6.07, 6.45) is 3.98. The molecule has 0 unspecified atom stereocenters. The highest BCUT2D eigenvalue weighted by Gasteiger charge is 1.95. The smallest absolute Gasteiger partial charge is 0.142 e. The minimum absolute atomic E-state index is 0.758. The summed E-state index contributed by atoms with van der Waals surface area (Å²) in [6, 6.07) is 5.79. The fourth-order valence-electron chi connectivity index (χ4n) is 0.780. The molecule has 1 nitrogen and oxygen atoms in total. The van der Waals surface area contributed by atoms with E-state index in [-0.39, 0.29) is 0 Å². The average Bonchev–Trinajstić information content (AvgIpc) is 2.03. The van der Waals surface area contributed by atoms with Crippen LogP contribution < -0.4 is 0 Å². The zero-order chi connectivity index (χ0) is 8.97. The average molecular weight is 290 g/mol. The Morgan fingerprint density at radius 1 is 1.25 bits per heavy atom. The first-order valence-corrected chi connectivity index (χ1v) is 4.89. The third-order valence-electron chi connectivity index (χ3n) is 1.32. The summed E-state index contributed by atoms with van der Waals surface area (Å²) in [7, 11) is 0. The van der Waals surface area contributed by atoms with Crippen LogP contribution in [0, 0.1) is 0 Å². The van der Waals surface area contributed by atoms with Gasteiger partial charge in [0.05, 0.1) is 0 Å². The molecule has 12 heavy (non-hydrogen) atoms. The lowest BCUT2D eigenvalue weighted by atomic mass is 10.2. The lowest BCUT2D eigenvalue weighted by molar-refractivity contribution is -0.104. The Balaban J connectivity index is 3.01. The predicted molar refractivity (Wildman–Crippen MR) is 56.9 cm³/mol. The molecule has 1 aromatic rings. The number of rotatable bonds is 2. The molecule has 1 aromatic carbocycles. The van der Waals surface area contributed by atoms with Gasteiger partial charge < -0.3 is 0 Å². The molecular weight excluding hydrogens is 284 g/mol. The van der Waals surface area contributed by atoms with Crippen molar-refractivity contribution in [2.24, 2.45) is 0 Å². The Morgan fingerprint density at radius 3 is 2.58 bits per heavy atom. The van der Waals surface area contributed by atoms with Gasteiger partial charge in [-0.15, -0.1) is 0 Å². The molecule has 0 saturated carbocycles. The Hall–Kier alpha value is -0.410. The molecular formula is C9H6Br2O. The summed E-state index contributed by atoms with van der Waals surface area (Å²) in [6.45, 7) is 0. The molecule has 1 rings (SSSR count). The molecule has 0 aromatic heterocycles. The number of benzene rings is 1. The Labute approximate surface area is 87.7 Å². The quantitative estimate of drug-likeness (QED) is 0.602. The van der Waals surface area contributed by atoms with Crippen molar-refractivity contribution in [3.8, 4) is 0 Å². The van der Waals surface area contributed by atoms with E-state index in [0.717, 1.165) is 20.8 Å². The maximum absolute atomic E-state index is 10.0. The first-order valence-electron chi connectivity index (χ1n) is 3.31. The van der Waals surface area contributed by atoms with Crippen LogP contribution in [-0.2, 0) is 4.79 Å². The molecule has 0 aliphatic rings. The van der Waals surface area contributed by atoms with Crippen LogP contribution in [0.4, 0.5) is 0 Å². The molecule has 0 saturated heterocycles. The minimum Gasteiger partial charge on any atom is -0.299 e. The van der Waals surface area contributed by atoms with Gasteiger partial charge in [0.1, 0.15) is 6.29 Å². The van der Waals surface area contributed by atoms with Crippen LogP contribution in [0.5, 0.6) is 0 Å². The van der Waals surface area contributed by atoms with Gasteiger partial charge in [-0.3, -0.25) is 4.79 Å². The summed E-state index contributed by atoms with van der Waals surface area (Å²) >= 11 is 6.72. The predicted octanol–water partition coefficient (Wildman–Crippen LogP) is 3.42. The van der Waals surface area contributed by atoms with Crippen LogP contribution in [0.2, 0.25) is 0 Å². The number of allylic oxidation sites excluding steroid dienone is 1. The molecule has 0 fully saturated rings. The van der Waals surface area contributed by atoms with E-state index in [9.17, 15) is 4.79 Å². The third-order valence-corrected chi connectivity index (χ3v) is 2.50. The normalized spacial score (nSPS) is 10.5. The van der Waals surface area contributed by atoms with E-state index >= 15 is 0 Å². The fourth-order valence-corrected chi connectivity index (χ4v) is 1.96. The molecule has 0 bridgehead atoms. The second kappa shape index (κ2) is 4.58. The molecule has 3 heteroatoms. The molecule has 0 aliphatic carbocycles. The van der Waals surface area contributed by atoms with E-state index in [2.05, 4.69) is 31.9 Å². The highest BCUT2D eigenvalue weighted by molar-refractivity contribution is 9.11. The van der Waals surface area contributed by atoms with E-state index in [1.807, 2.05) is 18.2 Å². The minimum atomic E-state index is 0.758. The summed E-state index contributed by atoms with van der Waals surface area (Å²) in [5.41, 5.74) is 0.991. The summed E-state index contributed by atoms with van der Waals surface area (Å²) in [5.74, 6) is 0. The first-order chi connectivity index (χ1) is 5.74. The van der Waals surface area contributed by atoms with Gasteiger partial charge in [0.15, 0.2) is 0 Å². The van der Waals surface area contributed by atoms with Crippen molar-refractivity contribution in [1.29, 1.82) is 0 Å². The van der Waals surface area contributed by atoms with E-state index in [1.165, 1.54) is 6.08 Å². The number of hydrogen-bond donors (Lipinski definition) is 0. The van der Waals surface area contributed by atoms with Gasteiger partial charge in [0, 0.05) is 8.95 Å². The van der Waals surface area contributed by atoms with Crippen molar-refractivity contribution >= 4 is 44.2 Å². The molecule has 62 valence electrons. The highest BCUT2D eigenvalue weighted by Crippen LogP contribution is 2.22. The summed E-state index contributed by atoms with van der Waals surface area (Å²) in [5, 5.41) is 0. The molecule has 0 radical (unpaired) electrons. The van der Waals surface area contributed by atoms with E-state index in [0.29, 0.717) is 0 Å². The number of carbonyl (C=O) groups excluding carboxylic acids is 1. The number of carbonyl (C=O) groups is 1. The molecule has 0 amide bonds. The van der Waals surface area contributed by atoms with Crippen LogP contribution in [0.25, 0.3) is 6.08 Å². The Morgan fingerprint density at radius 2 is 2.00 bits per heavy atom. The van der Waals surface area contributed by atoms with E-state index in [1.54, 1.807) is 6.08 Å². The van der Waals surface area contributed by atoms with Crippen LogP contribution in [0.1, 0.15) is 5.56 Å². The SMILES string of the molecule is O=C/C=C/c1ccc(Br)cc1Br. The van der Waals surface area contributed by atoms with Crippen molar-refractivity contribution in [2.45, 2.75) is 0 Å².